The lowest BCUT2D eigenvalue weighted by Crippen LogP contribution is -2.41. The van der Waals surface area contributed by atoms with Crippen LogP contribution in [0, 0.1) is 11.6 Å². The van der Waals surface area contributed by atoms with E-state index in [1.54, 1.807) is 6.07 Å². The van der Waals surface area contributed by atoms with Crippen LogP contribution in [0.2, 0.25) is 20.1 Å². The Hall–Kier alpha value is -0.0751. The first-order chi connectivity index (χ1) is 12.7. The zero-order chi connectivity index (χ0) is 21.4. The zero-order valence-electron chi connectivity index (χ0n) is 15.3. The normalized spacial score (nSPS) is 17.3. The number of rotatable bonds is 1. The van der Waals surface area contributed by atoms with Crippen LogP contribution in [0.3, 0.4) is 0 Å². The average molecular weight is 535 g/mol. The highest BCUT2D eigenvalue weighted by atomic mass is 79.9. The number of benzene rings is 2. The van der Waals surface area contributed by atoms with Crippen molar-refractivity contribution in [2.75, 3.05) is 0 Å². The molecule has 10 heteroatoms. The van der Waals surface area contributed by atoms with Gasteiger partial charge in [-0.2, -0.15) is 0 Å². The van der Waals surface area contributed by atoms with E-state index in [-0.39, 0.29) is 20.1 Å². The summed E-state index contributed by atoms with van der Waals surface area (Å²) in [6, 6.07) is 5.65. The van der Waals surface area contributed by atoms with Crippen molar-refractivity contribution in [1.29, 1.82) is 0 Å². The van der Waals surface area contributed by atoms with Crippen LogP contribution in [0.15, 0.2) is 28.7 Å². The van der Waals surface area contributed by atoms with E-state index in [1.165, 1.54) is 18.2 Å². The van der Waals surface area contributed by atoms with Crippen LogP contribution in [0.25, 0.3) is 0 Å². The number of hydrogen-bond donors (Lipinski definition) is 0. The van der Waals surface area contributed by atoms with E-state index in [2.05, 4.69) is 15.9 Å². The van der Waals surface area contributed by atoms with Crippen molar-refractivity contribution in [3.8, 4) is 0 Å². The molecular weight excluding hydrogens is 519 g/mol. The molecule has 0 atom stereocenters. The second-order valence-electron chi connectivity index (χ2n) is 7.07. The third kappa shape index (κ3) is 5.34. The molecule has 0 amide bonds. The Labute approximate surface area is 191 Å². The summed E-state index contributed by atoms with van der Waals surface area (Å²) < 4.78 is 38.3. The molecule has 0 radical (unpaired) electrons. The molecule has 2 nitrogen and oxygen atoms in total. The van der Waals surface area contributed by atoms with E-state index >= 15 is 0 Å². The molecule has 1 saturated heterocycles. The van der Waals surface area contributed by atoms with Gasteiger partial charge in [-0.15, -0.1) is 0 Å². The summed E-state index contributed by atoms with van der Waals surface area (Å²) in [7, 11) is -0.640. The van der Waals surface area contributed by atoms with Crippen molar-refractivity contribution in [2.24, 2.45) is 0 Å². The van der Waals surface area contributed by atoms with Crippen molar-refractivity contribution in [2.45, 2.75) is 38.9 Å². The van der Waals surface area contributed by atoms with Crippen LogP contribution >= 0.6 is 62.3 Å². The van der Waals surface area contributed by atoms with Crippen molar-refractivity contribution in [3.05, 3.63) is 60.5 Å². The molecule has 28 heavy (non-hydrogen) atoms. The Morgan fingerprint density at radius 2 is 1.21 bits per heavy atom. The first-order valence-electron chi connectivity index (χ1n) is 8.05. The molecule has 2 aromatic carbocycles. The summed E-state index contributed by atoms with van der Waals surface area (Å²) >= 11 is 25.5. The van der Waals surface area contributed by atoms with Gasteiger partial charge in [0.1, 0.15) is 11.6 Å². The molecule has 0 aliphatic carbocycles. The Bertz CT molecular complexity index is 834. The smallest absolute Gasteiger partial charge is 0.399 e. The fourth-order valence-corrected chi connectivity index (χ4v) is 3.42. The van der Waals surface area contributed by atoms with E-state index in [9.17, 15) is 8.78 Å². The molecule has 0 spiro atoms. The molecule has 1 aliphatic heterocycles. The third-order valence-corrected chi connectivity index (χ3v) is 6.50. The molecule has 152 valence electrons. The van der Waals surface area contributed by atoms with Gasteiger partial charge in [0, 0.05) is 4.47 Å². The van der Waals surface area contributed by atoms with Gasteiger partial charge in [-0.1, -0.05) is 62.3 Å². The standard InChI is InChI=1S/C12H14BCl2FO2.C6H2BrCl2F/c1-11(2)12(3,4)18-13(17-11)7-5-8(14)10(15)9(16)6-7;7-3-1-4(8)6(9)5(10)2-3/h5-6H,1-4H3;1-2H. The van der Waals surface area contributed by atoms with Crippen molar-refractivity contribution in [3.63, 3.8) is 0 Å². The van der Waals surface area contributed by atoms with Crippen LogP contribution in [0.1, 0.15) is 27.7 Å². The Morgan fingerprint density at radius 1 is 0.786 bits per heavy atom. The summed E-state index contributed by atoms with van der Waals surface area (Å²) in [5, 5.41) is 0.247. The molecule has 1 heterocycles. The van der Waals surface area contributed by atoms with Gasteiger partial charge in [0.25, 0.3) is 0 Å². The van der Waals surface area contributed by atoms with Gasteiger partial charge in [-0.05, 0) is 57.4 Å². The molecule has 0 bridgehead atoms. The minimum absolute atomic E-state index is 0.0372. The van der Waals surface area contributed by atoms with Crippen LogP contribution in [0.4, 0.5) is 8.78 Å². The van der Waals surface area contributed by atoms with Gasteiger partial charge in [-0.25, -0.2) is 8.78 Å². The van der Waals surface area contributed by atoms with Crippen molar-refractivity contribution >= 4 is 74.9 Å². The van der Waals surface area contributed by atoms with E-state index in [4.69, 9.17) is 55.7 Å². The molecular formula is C18H16BBrCl4F2O2. The minimum atomic E-state index is -0.640. The van der Waals surface area contributed by atoms with Crippen molar-refractivity contribution < 1.29 is 18.1 Å². The first kappa shape index (κ1) is 24.2. The monoisotopic (exact) mass is 532 g/mol. The third-order valence-electron chi connectivity index (χ3n) is 4.48. The zero-order valence-corrected chi connectivity index (χ0v) is 20.0. The van der Waals surface area contributed by atoms with Gasteiger partial charge >= 0.3 is 7.12 Å². The van der Waals surface area contributed by atoms with Crippen LogP contribution in [0.5, 0.6) is 0 Å². The number of hydrogen-bond acceptors (Lipinski definition) is 2. The van der Waals surface area contributed by atoms with Crippen LogP contribution in [-0.4, -0.2) is 18.3 Å². The first-order valence-corrected chi connectivity index (χ1v) is 10.4. The largest absolute Gasteiger partial charge is 0.494 e. The minimum Gasteiger partial charge on any atom is -0.399 e. The van der Waals surface area contributed by atoms with Gasteiger partial charge in [0.2, 0.25) is 0 Å². The molecule has 0 unspecified atom stereocenters. The van der Waals surface area contributed by atoms with Crippen LogP contribution < -0.4 is 5.46 Å². The van der Waals surface area contributed by atoms with E-state index in [0.717, 1.165) is 0 Å². The van der Waals surface area contributed by atoms with Gasteiger partial charge in [0.15, 0.2) is 0 Å². The highest BCUT2D eigenvalue weighted by Crippen LogP contribution is 2.37. The molecule has 1 fully saturated rings. The molecule has 1 aliphatic rings. The molecule has 2 aromatic rings. The maximum atomic E-state index is 13.6. The Kier molecular flexibility index (Phi) is 7.75. The molecule has 0 saturated carbocycles. The maximum absolute atomic E-state index is 13.6. The van der Waals surface area contributed by atoms with Crippen LogP contribution in [-0.2, 0) is 9.31 Å². The lowest BCUT2D eigenvalue weighted by atomic mass is 9.79. The summed E-state index contributed by atoms with van der Waals surface area (Å²) in [4.78, 5) is 0. The Balaban J connectivity index is 0.000000237. The lowest BCUT2D eigenvalue weighted by Gasteiger charge is -2.32. The highest BCUT2D eigenvalue weighted by molar-refractivity contribution is 9.10. The number of halogens is 7. The van der Waals surface area contributed by atoms with E-state index in [1.807, 2.05) is 27.7 Å². The summed E-state index contributed by atoms with van der Waals surface area (Å²) in [5.74, 6) is -1.09. The quantitative estimate of drug-likeness (QED) is 0.217. The van der Waals surface area contributed by atoms with Gasteiger partial charge in [-0.3, -0.25) is 0 Å². The van der Waals surface area contributed by atoms with Gasteiger partial charge in [0.05, 0.1) is 31.3 Å². The molecule has 0 aromatic heterocycles. The summed E-state index contributed by atoms with van der Waals surface area (Å²) in [6.45, 7) is 7.73. The van der Waals surface area contributed by atoms with Gasteiger partial charge < -0.3 is 9.31 Å². The fourth-order valence-electron chi connectivity index (χ4n) is 2.21. The Morgan fingerprint density at radius 3 is 1.64 bits per heavy atom. The highest BCUT2D eigenvalue weighted by Gasteiger charge is 2.51. The lowest BCUT2D eigenvalue weighted by molar-refractivity contribution is 0.00578. The molecule has 0 N–H and O–H groups in total. The van der Waals surface area contributed by atoms with Crippen molar-refractivity contribution in [1.82, 2.24) is 0 Å². The second kappa shape index (κ2) is 8.97. The fraction of sp³-hybridized carbons (Fsp3) is 0.333. The maximum Gasteiger partial charge on any atom is 0.494 e. The summed E-state index contributed by atoms with van der Waals surface area (Å²) in [6.07, 6.45) is 0. The van der Waals surface area contributed by atoms with E-state index in [0.29, 0.717) is 9.94 Å². The second-order valence-corrected chi connectivity index (χ2v) is 9.56. The predicted octanol–water partition coefficient (Wildman–Crippen LogP) is 7.33. The predicted molar refractivity (Wildman–Crippen MR) is 116 cm³/mol. The van der Waals surface area contributed by atoms with E-state index < -0.39 is 30.0 Å². The summed E-state index contributed by atoms with van der Waals surface area (Å²) in [5.41, 5.74) is -0.416. The topological polar surface area (TPSA) is 18.5 Å². The molecule has 3 rings (SSSR count). The average Bonchev–Trinajstić information content (AvgIpc) is 2.78. The SMILES string of the molecule is CC1(C)OB(c2cc(F)c(Cl)c(Cl)c2)OC1(C)C.Fc1cc(Br)cc(Cl)c1Cl.